The van der Waals surface area contributed by atoms with Crippen molar-refractivity contribution in [2.75, 3.05) is 5.32 Å². The molecule has 1 aliphatic carbocycles. The summed E-state index contributed by atoms with van der Waals surface area (Å²) in [7, 11) is 0. The van der Waals surface area contributed by atoms with Crippen molar-refractivity contribution >= 4 is 18.0 Å². The van der Waals surface area contributed by atoms with Gasteiger partial charge in [-0.15, -0.1) is 0 Å². The van der Waals surface area contributed by atoms with E-state index in [4.69, 9.17) is 5.11 Å². The third kappa shape index (κ3) is 3.05. The predicted molar refractivity (Wildman–Crippen MR) is 55.4 cm³/mol. The van der Waals surface area contributed by atoms with Gasteiger partial charge >= 0.3 is 6.09 Å². The van der Waals surface area contributed by atoms with Crippen LogP contribution in [-0.4, -0.2) is 21.2 Å². The van der Waals surface area contributed by atoms with E-state index in [1.165, 1.54) is 19.2 Å². The second-order valence-electron chi connectivity index (χ2n) is 3.45. The van der Waals surface area contributed by atoms with Crippen molar-refractivity contribution in [1.29, 1.82) is 0 Å². The van der Waals surface area contributed by atoms with Gasteiger partial charge in [0, 0.05) is 6.07 Å². The molecule has 2 rings (SSSR count). The topological polar surface area (TPSA) is 75.1 Å². The zero-order valence-corrected chi connectivity index (χ0v) is 8.05. The SMILES string of the molecule is O=C(O)Nc1cc(/C=C/C2CC2)ncn1. The summed E-state index contributed by atoms with van der Waals surface area (Å²) in [6, 6.07) is 1.60. The fourth-order valence-electron chi connectivity index (χ4n) is 1.16. The van der Waals surface area contributed by atoms with Crippen molar-refractivity contribution in [3.05, 3.63) is 24.2 Å². The molecule has 15 heavy (non-hydrogen) atoms. The van der Waals surface area contributed by atoms with E-state index >= 15 is 0 Å². The summed E-state index contributed by atoms with van der Waals surface area (Å²) in [5.41, 5.74) is 0.723. The standard InChI is InChI=1S/C10H11N3O2/c14-10(15)13-9-5-8(11-6-12-9)4-3-7-1-2-7/h3-7H,1-2H2,(H,14,15)(H,11,12,13)/b4-3+. The Kier molecular flexibility index (Phi) is 2.62. The summed E-state index contributed by atoms with van der Waals surface area (Å²) in [6.07, 6.45) is 6.69. The minimum Gasteiger partial charge on any atom is -0.465 e. The molecule has 0 spiro atoms. The summed E-state index contributed by atoms with van der Waals surface area (Å²) in [6.45, 7) is 0. The maximum absolute atomic E-state index is 10.4. The lowest BCUT2D eigenvalue weighted by Crippen LogP contribution is -2.08. The Bertz CT molecular complexity index is 399. The smallest absolute Gasteiger partial charge is 0.410 e. The second-order valence-corrected chi connectivity index (χ2v) is 3.45. The lowest BCUT2D eigenvalue weighted by Gasteiger charge is -1.99. The summed E-state index contributed by atoms with van der Waals surface area (Å²) in [4.78, 5) is 18.2. The Morgan fingerprint density at radius 1 is 1.53 bits per heavy atom. The molecule has 1 saturated carbocycles. The minimum atomic E-state index is -1.12. The normalized spacial score (nSPS) is 15.5. The average molecular weight is 205 g/mol. The average Bonchev–Trinajstić information content (AvgIpc) is 2.97. The number of hydrogen-bond donors (Lipinski definition) is 2. The molecular weight excluding hydrogens is 194 g/mol. The highest BCUT2D eigenvalue weighted by molar-refractivity contribution is 5.81. The van der Waals surface area contributed by atoms with Gasteiger partial charge in [-0.25, -0.2) is 14.8 Å². The lowest BCUT2D eigenvalue weighted by molar-refractivity contribution is 0.209. The first-order chi connectivity index (χ1) is 7.24. The van der Waals surface area contributed by atoms with Crippen LogP contribution in [0.4, 0.5) is 10.6 Å². The van der Waals surface area contributed by atoms with Crippen LogP contribution in [-0.2, 0) is 0 Å². The summed E-state index contributed by atoms with van der Waals surface area (Å²) in [5.74, 6) is 0.976. The van der Waals surface area contributed by atoms with Crippen LogP contribution in [0, 0.1) is 5.92 Å². The number of carbonyl (C=O) groups is 1. The van der Waals surface area contributed by atoms with Crippen LogP contribution in [0.25, 0.3) is 6.08 Å². The molecule has 0 saturated heterocycles. The van der Waals surface area contributed by atoms with Crippen LogP contribution in [0.1, 0.15) is 18.5 Å². The molecule has 1 aliphatic rings. The van der Waals surface area contributed by atoms with E-state index in [9.17, 15) is 4.79 Å². The van der Waals surface area contributed by atoms with Gasteiger partial charge in [-0.1, -0.05) is 6.08 Å². The van der Waals surface area contributed by atoms with Gasteiger partial charge < -0.3 is 5.11 Å². The van der Waals surface area contributed by atoms with Crippen molar-refractivity contribution in [1.82, 2.24) is 9.97 Å². The van der Waals surface area contributed by atoms with Gasteiger partial charge in [-0.3, -0.25) is 5.32 Å². The van der Waals surface area contributed by atoms with Gasteiger partial charge in [0.05, 0.1) is 5.69 Å². The quantitative estimate of drug-likeness (QED) is 0.791. The monoisotopic (exact) mass is 205 g/mol. The van der Waals surface area contributed by atoms with Crippen molar-refractivity contribution in [2.45, 2.75) is 12.8 Å². The molecule has 1 aromatic heterocycles. The molecule has 0 aromatic carbocycles. The second kappa shape index (κ2) is 4.08. The Balaban J connectivity index is 2.07. The molecule has 0 atom stereocenters. The van der Waals surface area contributed by atoms with Crippen LogP contribution in [0.2, 0.25) is 0 Å². The summed E-state index contributed by atoms with van der Waals surface area (Å²) >= 11 is 0. The largest absolute Gasteiger partial charge is 0.465 e. The fourth-order valence-corrected chi connectivity index (χ4v) is 1.16. The van der Waals surface area contributed by atoms with Gasteiger partial charge in [-0.2, -0.15) is 0 Å². The predicted octanol–water partition coefficient (Wildman–Crippen LogP) is 1.99. The lowest BCUT2D eigenvalue weighted by atomic mass is 10.3. The molecule has 1 heterocycles. The van der Waals surface area contributed by atoms with Crippen molar-refractivity contribution in [3.63, 3.8) is 0 Å². The van der Waals surface area contributed by atoms with E-state index in [-0.39, 0.29) is 0 Å². The third-order valence-corrected chi connectivity index (χ3v) is 2.08. The maximum Gasteiger partial charge on any atom is 0.410 e. The fraction of sp³-hybridized carbons (Fsp3) is 0.300. The van der Waals surface area contributed by atoms with Crippen molar-refractivity contribution in [2.24, 2.45) is 5.92 Å². The van der Waals surface area contributed by atoms with E-state index in [2.05, 4.69) is 21.4 Å². The number of amides is 1. The molecule has 5 nitrogen and oxygen atoms in total. The van der Waals surface area contributed by atoms with E-state index in [0.717, 1.165) is 5.69 Å². The maximum atomic E-state index is 10.4. The van der Waals surface area contributed by atoms with Crippen LogP contribution in [0.5, 0.6) is 0 Å². The number of carboxylic acid groups (broad SMARTS) is 1. The molecule has 0 radical (unpaired) electrons. The van der Waals surface area contributed by atoms with Crippen LogP contribution in [0.15, 0.2) is 18.5 Å². The first-order valence-electron chi connectivity index (χ1n) is 4.74. The number of nitrogens with one attached hydrogen (secondary N) is 1. The molecule has 0 unspecified atom stereocenters. The Labute approximate surface area is 86.9 Å². The van der Waals surface area contributed by atoms with E-state index in [1.54, 1.807) is 6.07 Å². The number of hydrogen-bond acceptors (Lipinski definition) is 3. The first kappa shape index (κ1) is 9.64. The molecular formula is C10H11N3O2. The van der Waals surface area contributed by atoms with E-state index < -0.39 is 6.09 Å². The number of aromatic nitrogens is 2. The van der Waals surface area contributed by atoms with Crippen molar-refractivity contribution in [3.8, 4) is 0 Å². The number of nitrogens with zero attached hydrogens (tertiary/aromatic N) is 2. The third-order valence-electron chi connectivity index (χ3n) is 2.08. The molecule has 2 N–H and O–H groups in total. The van der Waals surface area contributed by atoms with Gasteiger partial charge in [-0.05, 0) is 24.8 Å². The van der Waals surface area contributed by atoms with Crippen molar-refractivity contribution < 1.29 is 9.90 Å². The highest BCUT2D eigenvalue weighted by Gasteiger charge is 2.17. The Morgan fingerprint density at radius 3 is 3.00 bits per heavy atom. The zero-order valence-electron chi connectivity index (χ0n) is 8.05. The molecule has 1 fully saturated rings. The van der Waals surface area contributed by atoms with Crippen LogP contribution in [0.3, 0.4) is 0 Å². The Morgan fingerprint density at radius 2 is 2.33 bits per heavy atom. The Hall–Kier alpha value is -1.91. The summed E-state index contributed by atoms with van der Waals surface area (Å²) < 4.78 is 0. The molecule has 1 aromatic rings. The number of anilines is 1. The number of rotatable bonds is 3. The van der Waals surface area contributed by atoms with Gasteiger partial charge in [0.15, 0.2) is 0 Å². The molecule has 1 amide bonds. The first-order valence-corrected chi connectivity index (χ1v) is 4.74. The van der Waals surface area contributed by atoms with Gasteiger partial charge in [0.25, 0.3) is 0 Å². The van der Waals surface area contributed by atoms with Crippen LogP contribution >= 0.6 is 0 Å². The molecule has 5 heteroatoms. The minimum absolute atomic E-state index is 0.299. The molecule has 0 aliphatic heterocycles. The number of allylic oxidation sites excluding steroid dienone is 1. The van der Waals surface area contributed by atoms with E-state index in [0.29, 0.717) is 11.7 Å². The highest BCUT2D eigenvalue weighted by atomic mass is 16.4. The van der Waals surface area contributed by atoms with Gasteiger partial charge in [0.1, 0.15) is 12.1 Å². The molecule has 78 valence electrons. The van der Waals surface area contributed by atoms with Gasteiger partial charge in [0.2, 0.25) is 0 Å². The summed E-state index contributed by atoms with van der Waals surface area (Å²) in [5, 5.41) is 10.7. The molecule has 0 bridgehead atoms. The highest BCUT2D eigenvalue weighted by Crippen LogP contribution is 2.30. The van der Waals surface area contributed by atoms with Crippen LogP contribution < -0.4 is 5.32 Å². The zero-order chi connectivity index (χ0) is 10.7. The van der Waals surface area contributed by atoms with E-state index in [1.807, 2.05) is 6.08 Å².